The molecule has 1 atom stereocenters. The van der Waals surface area contributed by atoms with Crippen molar-refractivity contribution in [3.63, 3.8) is 0 Å². The number of nitrogens with zero attached hydrogens (tertiary/aromatic N) is 3. The quantitative estimate of drug-likeness (QED) is 0.757. The zero-order valence-electron chi connectivity index (χ0n) is 13.9. The highest BCUT2D eigenvalue weighted by Crippen LogP contribution is 2.28. The number of rotatable bonds is 5. The van der Waals surface area contributed by atoms with Gasteiger partial charge in [-0.1, -0.05) is 34.4 Å². The monoisotopic (exact) mass is 391 g/mol. The van der Waals surface area contributed by atoms with Crippen LogP contribution in [0.25, 0.3) is 11.4 Å². The van der Waals surface area contributed by atoms with Crippen LogP contribution in [0.15, 0.2) is 33.3 Å². The summed E-state index contributed by atoms with van der Waals surface area (Å²) in [4.78, 5) is 18.8. The first-order valence-corrected chi connectivity index (χ1v) is 9.34. The SMILES string of the molecule is CCCCC(=O)N1CCCC(c2nc(-c3ccc(Br)cc3)no2)C1. The fourth-order valence-electron chi connectivity index (χ4n) is 3.01. The van der Waals surface area contributed by atoms with E-state index in [1.807, 2.05) is 29.2 Å². The zero-order valence-corrected chi connectivity index (χ0v) is 15.5. The molecule has 1 aliphatic rings. The Morgan fingerprint density at radius 2 is 2.17 bits per heavy atom. The smallest absolute Gasteiger partial charge is 0.231 e. The maximum Gasteiger partial charge on any atom is 0.231 e. The molecule has 0 radical (unpaired) electrons. The summed E-state index contributed by atoms with van der Waals surface area (Å²) in [6.07, 6.45) is 4.60. The van der Waals surface area contributed by atoms with Crippen molar-refractivity contribution in [1.82, 2.24) is 15.0 Å². The fraction of sp³-hybridized carbons (Fsp3) is 0.500. The van der Waals surface area contributed by atoms with Crippen molar-refractivity contribution in [3.8, 4) is 11.4 Å². The largest absolute Gasteiger partial charge is 0.342 e. The van der Waals surface area contributed by atoms with Gasteiger partial charge in [0.25, 0.3) is 0 Å². The minimum atomic E-state index is 0.140. The highest BCUT2D eigenvalue weighted by molar-refractivity contribution is 9.10. The first kappa shape index (κ1) is 17.1. The van der Waals surface area contributed by atoms with Gasteiger partial charge in [-0.2, -0.15) is 4.98 Å². The van der Waals surface area contributed by atoms with E-state index in [1.165, 1.54) is 0 Å². The Hall–Kier alpha value is -1.69. The van der Waals surface area contributed by atoms with Crippen molar-refractivity contribution in [2.75, 3.05) is 13.1 Å². The second kappa shape index (κ2) is 7.92. The minimum Gasteiger partial charge on any atom is -0.342 e. The highest BCUT2D eigenvalue weighted by atomic mass is 79.9. The van der Waals surface area contributed by atoms with Gasteiger partial charge in [0.05, 0.1) is 5.92 Å². The molecule has 6 heteroatoms. The molecule has 1 unspecified atom stereocenters. The van der Waals surface area contributed by atoms with Crippen LogP contribution in [-0.2, 0) is 4.79 Å². The minimum absolute atomic E-state index is 0.140. The average molecular weight is 392 g/mol. The normalized spacial score (nSPS) is 17.9. The number of likely N-dealkylation sites (tertiary alicyclic amines) is 1. The van der Waals surface area contributed by atoms with Gasteiger partial charge in [0.15, 0.2) is 0 Å². The summed E-state index contributed by atoms with van der Waals surface area (Å²) in [6.45, 7) is 3.63. The molecule has 2 aromatic rings. The zero-order chi connectivity index (χ0) is 16.9. The number of carbonyl (C=O) groups excluding carboxylic acids is 1. The highest BCUT2D eigenvalue weighted by Gasteiger charge is 2.28. The standard InChI is InChI=1S/C18H22BrN3O2/c1-2-3-6-16(23)22-11-4-5-14(12-22)18-20-17(21-24-18)13-7-9-15(19)10-8-13/h7-10,14H,2-6,11-12H2,1H3. The summed E-state index contributed by atoms with van der Waals surface area (Å²) in [7, 11) is 0. The average Bonchev–Trinajstić information content (AvgIpc) is 3.10. The van der Waals surface area contributed by atoms with E-state index in [4.69, 9.17) is 4.52 Å². The van der Waals surface area contributed by atoms with Gasteiger partial charge in [0.2, 0.25) is 17.6 Å². The Morgan fingerprint density at radius 1 is 1.38 bits per heavy atom. The van der Waals surface area contributed by atoms with E-state index in [1.54, 1.807) is 0 Å². The molecule has 1 saturated heterocycles. The lowest BCUT2D eigenvalue weighted by atomic mass is 9.97. The maximum atomic E-state index is 12.2. The molecule has 5 nitrogen and oxygen atoms in total. The van der Waals surface area contributed by atoms with E-state index in [0.717, 1.165) is 42.3 Å². The summed E-state index contributed by atoms with van der Waals surface area (Å²) in [5.74, 6) is 1.63. The molecule has 1 aliphatic heterocycles. The van der Waals surface area contributed by atoms with Gasteiger partial charge >= 0.3 is 0 Å². The first-order valence-electron chi connectivity index (χ1n) is 8.54. The summed E-state index contributed by atoms with van der Waals surface area (Å²) in [5.41, 5.74) is 0.930. The van der Waals surface area contributed by atoms with Gasteiger partial charge in [-0.3, -0.25) is 4.79 Å². The molecule has 1 amide bonds. The number of aromatic nitrogens is 2. The summed E-state index contributed by atoms with van der Waals surface area (Å²) >= 11 is 3.42. The van der Waals surface area contributed by atoms with E-state index in [0.29, 0.717) is 24.7 Å². The van der Waals surface area contributed by atoms with E-state index >= 15 is 0 Å². The Bertz CT molecular complexity index is 684. The van der Waals surface area contributed by atoms with Crippen molar-refractivity contribution in [2.24, 2.45) is 0 Å². The third kappa shape index (κ3) is 4.04. The summed E-state index contributed by atoms with van der Waals surface area (Å²) in [5, 5.41) is 4.11. The number of halogens is 1. The fourth-order valence-corrected chi connectivity index (χ4v) is 3.27. The lowest BCUT2D eigenvalue weighted by Gasteiger charge is -2.31. The summed E-state index contributed by atoms with van der Waals surface area (Å²) in [6, 6.07) is 7.83. The molecule has 0 spiro atoms. The predicted octanol–water partition coefficient (Wildman–Crippen LogP) is 4.40. The van der Waals surface area contributed by atoms with Crippen molar-refractivity contribution in [2.45, 2.75) is 44.9 Å². The Kier molecular flexibility index (Phi) is 5.66. The first-order chi connectivity index (χ1) is 11.7. The van der Waals surface area contributed by atoms with Gasteiger partial charge in [-0.15, -0.1) is 0 Å². The van der Waals surface area contributed by atoms with Crippen LogP contribution in [0, 0.1) is 0 Å². The molecule has 0 saturated carbocycles. The third-order valence-corrected chi connectivity index (χ3v) is 4.94. The van der Waals surface area contributed by atoms with Crippen LogP contribution in [-0.4, -0.2) is 34.0 Å². The van der Waals surface area contributed by atoms with Gasteiger partial charge in [0, 0.05) is 29.5 Å². The molecule has 1 aromatic heterocycles. The number of unbranched alkanes of at least 4 members (excludes halogenated alkanes) is 1. The van der Waals surface area contributed by atoms with E-state index in [9.17, 15) is 4.79 Å². The molecule has 24 heavy (non-hydrogen) atoms. The molecule has 2 heterocycles. The molecule has 0 bridgehead atoms. The van der Waals surface area contributed by atoms with Crippen molar-refractivity contribution < 1.29 is 9.32 Å². The predicted molar refractivity (Wildman–Crippen MR) is 95.5 cm³/mol. The topological polar surface area (TPSA) is 59.2 Å². The molecule has 1 aromatic carbocycles. The molecular weight excluding hydrogens is 370 g/mol. The number of amides is 1. The van der Waals surface area contributed by atoms with Crippen LogP contribution < -0.4 is 0 Å². The van der Waals surface area contributed by atoms with Crippen LogP contribution in [0.4, 0.5) is 0 Å². The van der Waals surface area contributed by atoms with Gasteiger partial charge in [-0.05, 0) is 43.5 Å². The van der Waals surface area contributed by atoms with Gasteiger partial charge in [-0.25, -0.2) is 0 Å². The van der Waals surface area contributed by atoms with Crippen LogP contribution in [0.1, 0.15) is 50.8 Å². The van der Waals surface area contributed by atoms with E-state index in [-0.39, 0.29) is 11.8 Å². The molecule has 3 rings (SSSR count). The van der Waals surface area contributed by atoms with Crippen LogP contribution in [0.5, 0.6) is 0 Å². The molecular formula is C18H22BrN3O2. The van der Waals surface area contributed by atoms with E-state index < -0.39 is 0 Å². The van der Waals surface area contributed by atoms with Gasteiger partial charge < -0.3 is 9.42 Å². The van der Waals surface area contributed by atoms with Crippen LogP contribution in [0.3, 0.4) is 0 Å². The molecule has 0 N–H and O–H groups in total. The van der Waals surface area contributed by atoms with Gasteiger partial charge in [0.1, 0.15) is 0 Å². The van der Waals surface area contributed by atoms with Crippen molar-refractivity contribution >= 4 is 21.8 Å². The number of hydrogen-bond acceptors (Lipinski definition) is 4. The molecule has 128 valence electrons. The Morgan fingerprint density at radius 3 is 2.92 bits per heavy atom. The number of benzene rings is 1. The second-order valence-electron chi connectivity index (χ2n) is 6.25. The van der Waals surface area contributed by atoms with Crippen molar-refractivity contribution in [1.29, 1.82) is 0 Å². The second-order valence-corrected chi connectivity index (χ2v) is 7.16. The van der Waals surface area contributed by atoms with Crippen LogP contribution in [0.2, 0.25) is 0 Å². The third-order valence-electron chi connectivity index (χ3n) is 4.41. The van der Waals surface area contributed by atoms with E-state index in [2.05, 4.69) is 33.0 Å². The van der Waals surface area contributed by atoms with Crippen LogP contribution >= 0.6 is 15.9 Å². The summed E-state index contributed by atoms with van der Waals surface area (Å²) < 4.78 is 6.50. The lowest BCUT2D eigenvalue weighted by molar-refractivity contribution is -0.132. The Balaban J connectivity index is 1.68. The lowest BCUT2D eigenvalue weighted by Crippen LogP contribution is -2.39. The molecule has 0 aliphatic carbocycles. The number of piperidine rings is 1. The molecule has 1 fully saturated rings. The number of carbonyl (C=O) groups is 1. The maximum absolute atomic E-state index is 12.2. The van der Waals surface area contributed by atoms with Crippen molar-refractivity contribution in [3.05, 3.63) is 34.6 Å². The Labute approximate surface area is 150 Å². The number of hydrogen-bond donors (Lipinski definition) is 0.